The second-order valence-corrected chi connectivity index (χ2v) is 8.95. The largest absolute Gasteiger partial charge is 0.507 e. The van der Waals surface area contributed by atoms with E-state index in [1.54, 1.807) is 30.3 Å². The molecule has 170 valence electrons. The third-order valence-corrected chi connectivity index (χ3v) is 6.07. The van der Waals surface area contributed by atoms with E-state index in [0.29, 0.717) is 39.7 Å². The number of carbonyl (C=O) groups excluding carboxylic acids is 1. The molecule has 3 N–H and O–H groups in total. The molecule has 0 saturated heterocycles. The zero-order chi connectivity index (χ0) is 23.8. The summed E-state index contributed by atoms with van der Waals surface area (Å²) in [6, 6.07) is 15.8. The van der Waals surface area contributed by atoms with E-state index >= 15 is 0 Å². The van der Waals surface area contributed by atoms with Crippen LogP contribution in [-0.2, 0) is 0 Å². The van der Waals surface area contributed by atoms with Crippen LogP contribution in [0.15, 0.2) is 59.0 Å². The van der Waals surface area contributed by atoms with Gasteiger partial charge in [0.25, 0.3) is 5.91 Å². The molecule has 2 heterocycles. The van der Waals surface area contributed by atoms with Gasteiger partial charge < -0.3 is 14.8 Å². The van der Waals surface area contributed by atoms with Crippen molar-refractivity contribution in [1.82, 2.24) is 19.0 Å². The zero-order valence-corrected chi connectivity index (χ0v) is 19.8. The van der Waals surface area contributed by atoms with Gasteiger partial charge in [-0.25, -0.2) is 4.98 Å². The molecule has 0 aliphatic heterocycles. The van der Waals surface area contributed by atoms with E-state index in [0.717, 1.165) is 28.3 Å². The van der Waals surface area contributed by atoms with Gasteiger partial charge in [-0.05, 0) is 66.2 Å². The highest BCUT2D eigenvalue weighted by Gasteiger charge is 2.15. The maximum absolute atomic E-state index is 12.5. The molecule has 0 bridgehead atoms. The van der Waals surface area contributed by atoms with Crippen LogP contribution < -0.4 is 10.6 Å². The normalized spacial score (nSPS) is 11.3. The molecule has 8 nitrogen and oxygen atoms in total. The number of thiocarbonyl (C=S) groups is 1. The third-order valence-electron chi connectivity index (χ3n) is 5.31. The number of rotatable bonds is 4. The zero-order valence-electron chi connectivity index (χ0n) is 18.2. The minimum atomic E-state index is -0.375. The molecule has 5 aromatic rings. The Morgan fingerprint density at radius 1 is 1.03 bits per heavy atom. The molecule has 1 amide bonds. The quantitative estimate of drug-likeness (QED) is 0.286. The Morgan fingerprint density at radius 2 is 1.85 bits per heavy atom. The summed E-state index contributed by atoms with van der Waals surface area (Å²) in [4.78, 5) is 17.0. The lowest BCUT2D eigenvalue weighted by Gasteiger charge is -2.11. The maximum Gasteiger partial charge on any atom is 0.257 e. The number of amides is 1. The van der Waals surface area contributed by atoms with E-state index in [9.17, 15) is 9.90 Å². The van der Waals surface area contributed by atoms with E-state index in [1.165, 1.54) is 6.07 Å². The standard InChI is InChI=1S/C24H19N5O3S2/c1-12(2)13-4-8-21-19(9-13)26-23(32-21)16-6-5-15(11-20(16)30)25-24(33)27-22(31)14-3-7-17-18(10-14)29-34-28-17/h3-12,30H,1-2H3,(H2,25,27,31,33). The van der Waals surface area contributed by atoms with Crippen LogP contribution in [0.4, 0.5) is 5.69 Å². The summed E-state index contributed by atoms with van der Waals surface area (Å²) in [6.07, 6.45) is 0. The van der Waals surface area contributed by atoms with Gasteiger partial charge in [0.05, 0.1) is 17.3 Å². The first-order chi connectivity index (χ1) is 16.4. The van der Waals surface area contributed by atoms with Crippen molar-refractivity contribution in [3.63, 3.8) is 0 Å². The lowest BCUT2D eigenvalue weighted by molar-refractivity contribution is 0.0978. The Balaban J connectivity index is 1.30. The first kappa shape index (κ1) is 21.9. The molecule has 0 atom stereocenters. The lowest BCUT2D eigenvalue weighted by atomic mass is 10.0. The smallest absolute Gasteiger partial charge is 0.257 e. The topological polar surface area (TPSA) is 113 Å². The predicted molar refractivity (Wildman–Crippen MR) is 136 cm³/mol. The van der Waals surface area contributed by atoms with Crippen molar-refractivity contribution >= 4 is 62.8 Å². The molecule has 0 saturated carbocycles. The van der Waals surface area contributed by atoms with Crippen LogP contribution in [0.25, 0.3) is 33.6 Å². The fourth-order valence-electron chi connectivity index (χ4n) is 3.47. The second kappa shape index (κ2) is 8.81. The summed E-state index contributed by atoms with van der Waals surface area (Å²) < 4.78 is 14.1. The van der Waals surface area contributed by atoms with E-state index < -0.39 is 0 Å². The number of phenolic OH excluding ortho intramolecular Hbond substituents is 1. The Morgan fingerprint density at radius 3 is 2.65 bits per heavy atom. The molecule has 0 spiro atoms. The Hall–Kier alpha value is -3.89. The molecular formula is C24H19N5O3S2. The molecule has 0 fully saturated rings. The highest BCUT2D eigenvalue weighted by atomic mass is 32.1. The summed E-state index contributed by atoms with van der Waals surface area (Å²) in [6.45, 7) is 4.23. The molecule has 3 aromatic carbocycles. The highest BCUT2D eigenvalue weighted by molar-refractivity contribution is 7.80. The van der Waals surface area contributed by atoms with Crippen molar-refractivity contribution in [2.45, 2.75) is 19.8 Å². The van der Waals surface area contributed by atoms with Gasteiger partial charge in [0.2, 0.25) is 5.89 Å². The number of carbonyl (C=O) groups is 1. The van der Waals surface area contributed by atoms with Crippen LogP contribution >= 0.6 is 23.9 Å². The van der Waals surface area contributed by atoms with Gasteiger partial charge in [0, 0.05) is 17.3 Å². The number of fused-ring (bicyclic) bond motifs is 2. The van der Waals surface area contributed by atoms with Crippen molar-refractivity contribution in [3.8, 4) is 17.2 Å². The molecule has 10 heteroatoms. The Kier molecular flexibility index (Phi) is 5.68. The van der Waals surface area contributed by atoms with E-state index in [1.807, 2.05) is 18.2 Å². The maximum atomic E-state index is 12.5. The van der Waals surface area contributed by atoms with E-state index in [-0.39, 0.29) is 16.8 Å². The van der Waals surface area contributed by atoms with Crippen LogP contribution in [0.2, 0.25) is 0 Å². The van der Waals surface area contributed by atoms with Gasteiger partial charge in [-0.1, -0.05) is 19.9 Å². The molecule has 0 aliphatic rings. The number of oxazole rings is 1. The van der Waals surface area contributed by atoms with Crippen LogP contribution in [0.3, 0.4) is 0 Å². The number of benzene rings is 3. The van der Waals surface area contributed by atoms with Crippen molar-refractivity contribution in [1.29, 1.82) is 0 Å². The molecule has 0 radical (unpaired) electrons. The summed E-state index contributed by atoms with van der Waals surface area (Å²) in [5, 5.41) is 16.2. The second-order valence-electron chi connectivity index (χ2n) is 8.01. The third kappa shape index (κ3) is 4.33. The Bertz CT molecular complexity index is 1560. The van der Waals surface area contributed by atoms with Gasteiger partial charge in [-0.15, -0.1) is 0 Å². The van der Waals surface area contributed by atoms with Crippen LogP contribution in [0.5, 0.6) is 5.75 Å². The number of hydrogen-bond donors (Lipinski definition) is 3. The van der Waals surface area contributed by atoms with Gasteiger partial charge in [0.15, 0.2) is 10.7 Å². The summed E-state index contributed by atoms with van der Waals surface area (Å²) in [5.41, 5.74) is 5.30. The first-order valence-corrected chi connectivity index (χ1v) is 11.6. The highest BCUT2D eigenvalue weighted by Crippen LogP contribution is 2.33. The fraction of sp³-hybridized carbons (Fsp3) is 0.125. The van der Waals surface area contributed by atoms with Gasteiger partial charge >= 0.3 is 0 Å². The molecule has 0 aliphatic carbocycles. The summed E-state index contributed by atoms with van der Waals surface area (Å²) in [7, 11) is 0. The van der Waals surface area contributed by atoms with Crippen molar-refractivity contribution < 1.29 is 14.3 Å². The lowest BCUT2D eigenvalue weighted by Crippen LogP contribution is -2.34. The predicted octanol–water partition coefficient (Wildman–Crippen LogP) is 5.46. The first-order valence-electron chi connectivity index (χ1n) is 10.5. The number of hydrogen-bond acceptors (Lipinski definition) is 8. The molecule has 2 aromatic heterocycles. The number of aromatic hydroxyl groups is 1. The van der Waals surface area contributed by atoms with E-state index in [2.05, 4.69) is 38.2 Å². The SMILES string of the molecule is CC(C)c1ccc2oc(-c3ccc(NC(=S)NC(=O)c4ccc5nsnc5c4)cc3O)nc2c1. The van der Waals surface area contributed by atoms with Gasteiger partial charge in [-0.2, -0.15) is 8.75 Å². The number of nitrogens with one attached hydrogen (secondary N) is 2. The van der Waals surface area contributed by atoms with Gasteiger partial charge in [0.1, 0.15) is 22.3 Å². The molecule has 34 heavy (non-hydrogen) atoms. The summed E-state index contributed by atoms with van der Waals surface area (Å²) in [5.74, 6) is 0.291. The molecule has 0 unspecified atom stereocenters. The number of aromatic nitrogens is 3. The Labute approximate surface area is 204 Å². The van der Waals surface area contributed by atoms with E-state index in [4.69, 9.17) is 16.6 Å². The van der Waals surface area contributed by atoms with Crippen LogP contribution in [0, 0.1) is 0 Å². The summed E-state index contributed by atoms with van der Waals surface area (Å²) >= 11 is 6.34. The van der Waals surface area contributed by atoms with Crippen molar-refractivity contribution in [3.05, 3.63) is 65.7 Å². The number of phenols is 1. The molecule has 5 rings (SSSR count). The molecular weight excluding hydrogens is 470 g/mol. The number of nitrogens with zero attached hydrogens (tertiary/aromatic N) is 3. The van der Waals surface area contributed by atoms with Crippen LogP contribution in [-0.4, -0.2) is 29.9 Å². The fourth-order valence-corrected chi connectivity index (χ4v) is 4.20. The average molecular weight is 490 g/mol. The van der Waals surface area contributed by atoms with Gasteiger partial charge in [-0.3, -0.25) is 10.1 Å². The minimum Gasteiger partial charge on any atom is -0.507 e. The minimum absolute atomic E-state index is 0.0313. The van der Waals surface area contributed by atoms with Crippen molar-refractivity contribution in [2.75, 3.05) is 5.32 Å². The van der Waals surface area contributed by atoms with Crippen molar-refractivity contribution in [2.24, 2.45) is 0 Å². The monoisotopic (exact) mass is 489 g/mol. The number of anilines is 1. The van der Waals surface area contributed by atoms with Crippen LogP contribution in [0.1, 0.15) is 35.7 Å². The average Bonchev–Trinajstić information content (AvgIpc) is 3.44.